The van der Waals surface area contributed by atoms with Crippen molar-refractivity contribution in [3.8, 4) is 0 Å². The van der Waals surface area contributed by atoms with Gasteiger partial charge >= 0.3 is 0 Å². The molecule has 2 rings (SSSR count). The van der Waals surface area contributed by atoms with Crippen LogP contribution in [0.15, 0.2) is 35.3 Å². The highest BCUT2D eigenvalue weighted by molar-refractivity contribution is 14.0. The molecule has 26 heavy (non-hydrogen) atoms. The summed E-state index contributed by atoms with van der Waals surface area (Å²) in [6, 6.07) is 10.4. The fraction of sp³-hybridized carbons (Fsp3) is 0.611. The lowest BCUT2D eigenvalue weighted by atomic mass is 9.98. The Morgan fingerprint density at radius 1 is 1.19 bits per heavy atom. The highest BCUT2D eigenvalue weighted by atomic mass is 127. The zero-order valence-electron chi connectivity index (χ0n) is 15.6. The number of benzene rings is 1. The van der Waals surface area contributed by atoms with Gasteiger partial charge in [-0.1, -0.05) is 30.3 Å². The summed E-state index contributed by atoms with van der Waals surface area (Å²) in [5.41, 5.74) is 1.30. The second-order valence-corrected chi connectivity index (χ2v) is 8.47. The Balaban J connectivity index is 0.00000338. The van der Waals surface area contributed by atoms with Crippen molar-refractivity contribution in [3.63, 3.8) is 0 Å². The number of halogens is 1. The Kier molecular flexibility index (Phi) is 10.5. The quantitative estimate of drug-likeness (QED) is 0.346. The van der Waals surface area contributed by atoms with E-state index in [2.05, 4.69) is 46.8 Å². The van der Waals surface area contributed by atoms with Crippen LogP contribution in [0.4, 0.5) is 0 Å². The highest BCUT2D eigenvalue weighted by Gasteiger charge is 2.24. The predicted molar refractivity (Wildman–Crippen MR) is 119 cm³/mol. The summed E-state index contributed by atoms with van der Waals surface area (Å²) < 4.78 is 24.7. The molecule has 0 amide bonds. The second kappa shape index (κ2) is 11.8. The third-order valence-corrected chi connectivity index (χ3v) is 5.75. The average Bonchev–Trinajstić information content (AvgIpc) is 2.60. The van der Waals surface area contributed by atoms with Gasteiger partial charge in [-0.15, -0.1) is 24.0 Å². The third-order valence-electron chi connectivity index (χ3n) is 4.44. The molecule has 8 heteroatoms. The van der Waals surface area contributed by atoms with Crippen LogP contribution in [0, 0.1) is 5.92 Å². The van der Waals surface area contributed by atoms with Gasteiger partial charge in [0.15, 0.2) is 5.96 Å². The minimum Gasteiger partial charge on any atom is -0.357 e. The van der Waals surface area contributed by atoms with E-state index in [9.17, 15) is 8.42 Å². The zero-order chi connectivity index (χ0) is 18.1. The van der Waals surface area contributed by atoms with Crippen LogP contribution in [0.2, 0.25) is 0 Å². The summed E-state index contributed by atoms with van der Waals surface area (Å²) in [6.07, 6.45) is 3.99. The first-order valence-corrected chi connectivity index (χ1v) is 10.8. The fourth-order valence-electron chi connectivity index (χ4n) is 2.96. The Hall–Kier alpha value is -0.870. The molecule has 6 nitrogen and oxygen atoms in total. The van der Waals surface area contributed by atoms with Crippen molar-refractivity contribution in [2.45, 2.75) is 26.2 Å². The molecule has 148 valence electrons. The van der Waals surface area contributed by atoms with Crippen molar-refractivity contribution < 1.29 is 8.42 Å². The summed E-state index contributed by atoms with van der Waals surface area (Å²) in [5.74, 6) is 1.28. The van der Waals surface area contributed by atoms with E-state index < -0.39 is 10.0 Å². The summed E-state index contributed by atoms with van der Waals surface area (Å²) in [6.45, 7) is 5.66. The molecule has 0 radical (unpaired) electrons. The maximum absolute atomic E-state index is 11.6. The summed E-state index contributed by atoms with van der Waals surface area (Å²) in [4.78, 5) is 4.68. The molecule has 0 aromatic heterocycles. The molecule has 1 aliphatic rings. The molecule has 1 aliphatic heterocycles. The number of nitrogens with zero attached hydrogens (tertiary/aromatic N) is 2. The van der Waals surface area contributed by atoms with Crippen LogP contribution in [0.5, 0.6) is 0 Å². The van der Waals surface area contributed by atoms with E-state index in [-0.39, 0.29) is 24.0 Å². The van der Waals surface area contributed by atoms with Crippen LogP contribution in [-0.4, -0.2) is 57.7 Å². The Labute approximate surface area is 174 Å². The van der Waals surface area contributed by atoms with Gasteiger partial charge in [-0.05, 0) is 37.7 Å². The van der Waals surface area contributed by atoms with Crippen LogP contribution < -0.4 is 10.6 Å². The molecule has 0 unspecified atom stereocenters. The van der Waals surface area contributed by atoms with Crippen molar-refractivity contribution in [2.75, 3.05) is 39.0 Å². The standard InChI is InChI=1S/C18H30N4O2S.HI/c1-3-19-18(20-12-9-16-7-5-4-6-8-16)21-15-17-10-13-22(14-11-17)25(2,23)24;/h4-8,17H,3,9-15H2,1-2H3,(H2,19,20,21);1H. The van der Waals surface area contributed by atoms with E-state index in [4.69, 9.17) is 0 Å². The van der Waals surface area contributed by atoms with Crippen LogP contribution in [-0.2, 0) is 16.4 Å². The molecule has 0 spiro atoms. The topological polar surface area (TPSA) is 73.8 Å². The first-order chi connectivity index (χ1) is 12.0. The smallest absolute Gasteiger partial charge is 0.211 e. The van der Waals surface area contributed by atoms with E-state index in [0.717, 1.165) is 44.9 Å². The van der Waals surface area contributed by atoms with Gasteiger partial charge in [0.05, 0.1) is 6.26 Å². The van der Waals surface area contributed by atoms with Crippen molar-refractivity contribution in [3.05, 3.63) is 35.9 Å². The Morgan fingerprint density at radius 3 is 2.42 bits per heavy atom. The monoisotopic (exact) mass is 494 g/mol. The number of hydrogen-bond donors (Lipinski definition) is 2. The molecule has 2 N–H and O–H groups in total. The SMILES string of the molecule is CCNC(=NCC1CCN(S(C)(=O)=O)CC1)NCCc1ccccc1.I. The van der Waals surface area contributed by atoms with Gasteiger partial charge in [-0.3, -0.25) is 4.99 Å². The van der Waals surface area contributed by atoms with Gasteiger partial charge in [0.2, 0.25) is 10.0 Å². The largest absolute Gasteiger partial charge is 0.357 e. The van der Waals surface area contributed by atoms with Gasteiger partial charge in [0, 0.05) is 32.7 Å². The van der Waals surface area contributed by atoms with Gasteiger partial charge in [0.25, 0.3) is 0 Å². The molecule has 0 aliphatic carbocycles. The van der Waals surface area contributed by atoms with Crippen LogP contribution >= 0.6 is 24.0 Å². The highest BCUT2D eigenvalue weighted by Crippen LogP contribution is 2.19. The number of hydrogen-bond acceptors (Lipinski definition) is 3. The minimum absolute atomic E-state index is 0. The summed E-state index contributed by atoms with van der Waals surface area (Å²) in [7, 11) is -3.05. The van der Waals surface area contributed by atoms with Crippen LogP contribution in [0.3, 0.4) is 0 Å². The second-order valence-electron chi connectivity index (χ2n) is 6.49. The van der Waals surface area contributed by atoms with Crippen molar-refractivity contribution in [2.24, 2.45) is 10.9 Å². The van der Waals surface area contributed by atoms with Gasteiger partial charge in [0.1, 0.15) is 0 Å². The van der Waals surface area contributed by atoms with Crippen molar-refractivity contribution in [1.82, 2.24) is 14.9 Å². The van der Waals surface area contributed by atoms with E-state index in [1.165, 1.54) is 11.8 Å². The van der Waals surface area contributed by atoms with E-state index in [0.29, 0.717) is 19.0 Å². The first-order valence-electron chi connectivity index (χ1n) is 9.00. The summed E-state index contributed by atoms with van der Waals surface area (Å²) >= 11 is 0. The van der Waals surface area contributed by atoms with E-state index in [1.54, 1.807) is 4.31 Å². The molecule has 1 fully saturated rings. The number of rotatable bonds is 7. The van der Waals surface area contributed by atoms with E-state index in [1.807, 2.05) is 6.07 Å². The molecule has 1 heterocycles. The Bertz CT molecular complexity index is 644. The number of aliphatic imine (C=N–C) groups is 1. The van der Waals surface area contributed by atoms with E-state index >= 15 is 0 Å². The molecule has 1 aromatic carbocycles. The predicted octanol–water partition coefficient (Wildman–Crippen LogP) is 2.07. The number of guanidine groups is 1. The van der Waals surface area contributed by atoms with Crippen LogP contribution in [0.25, 0.3) is 0 Å². The molecule has 1 saturated heterocycles. The molecular weight excluding hydrogens is 463 g/mol. The maximum Gasteiger partial charge on any atom is 0.211 e. The lowest BCUT2D eigenvalue weighted by Crippen LogP contribution is -2.40. The number of sulfonamides is 1. The fourth-order valence-corrected chi connectivity index (χ4v) is 3.83. The normalized spacial score (nSPS) is 16.8. The van der Waals surface area contributed by atoms with Crippen LogP contribution in [0.1, 0.15) is 25.3 Å². The average molecular weight is 494 g/mol. The molecule has 1 aromatic rings. The third kappa shape index (κ3) is 8.22. The number of nitrogens with one attached hydrogen (secondary N) is 2. The van der Waals surface area contributed by atoms with Gasteiger partial charge in [-0.2, -0.15) is 0 Å². The first kappa shape index (κ1) is 23.2. The zero-order valence-corrected chi connectivity index (χ0v) is 18.8. The molecule has 0 atom stereocenters. The number of piperidine rings is 1. The minimum atomic E-state index is -3.05. The lowest BCUT2D eigenvalue weighted by Gasteiger charge is -2.29. The van der Waals surface area contributed by atoms with Gasteiger partial charge < -0.3 is 10.6 Å². The van der Waals surface area contributed by atoms with Gasteiger partial charge in [-0.25, -0.2) is 12.7 Å². The lowest BCUT2D eigenvalue weighted by molar-refractivity contribution is 0.280. The maximum atomic E-state index is 11.6. The van der Waals surface area contributed by atoms with Crippen molar-refractivity contribution in [1.29, 1.82) is 0 Å². The molecular formula is C18H31IN4O2S. The van der Waals surface area contributed by atoms with Crippen molar-refractivity contribution >= 4 is 40.0 Å². The molecule has 0 saturated carbocycles. The summed E-state index contributed by atoms with van der Waals surface area (Å²) in [5, 5.41) is 6.65. The Morgan fingerprint density at radius 2 is 1.85 bits per heavy atom. The molecule has 0 bridgehead atoms.